The largest absolute Gasteiger partial charge is 0.490 e. The first-order valence-electron chi connectivity index (χ1n) is 10.4. The van der Waals surface area contributed by atoms with Crippen LogP contribution in [0.25, 0.3) is 21.0 Å². The Morgan fingerprint density at radius 3 is 2.94 bits per heavy atom. The summed E-state index contributed by atoms with van der Waals surface area (Å²) in [6.07, 6.45) is 5.51. The zero-order chi connectivity index (χ0) is 21.8. The molecule has 1 N–H and O–H groups in total. The van der Waals surface area contributed by atoms with Gasteiger partial charge in [0.2, 0.25) is 0 Å². The number of benzene rings is 2. The Morgan fingerprint density at radius 2 is 2.16 bits per heavy atom. The van der Waals surface area contributed by atoms with Gasteiger partial charge in [0.25, 0.3) is 0 Å². The highest BCUT2D eigenvalue weighted by Crippen LogP contribution is 2.41. The summed E-state index contributed by atoms with van der Waals surface area (Å²) in [5, 5.41) is 0.977. The number of rotatable bonds is 7. The molecule has 0 spiro atoms. The van der Waals surface area contributed by atoms with Crippen molar-refractivity contribution in [2.75, 3.05) is 0 Å². The molecule has 5 heteroatoms. The van der Waals surface area contributed by atoms with Crippen molar-refractivity contribution < 1.29 is 9.57 Å². The minimum Gasteiger partial charge on any atom is -0.490 e. The van der Waals surface area contributed by atoms with Crippen LogP contribution in [0.1, 0.15) is 49.9 Å². The second-order valence-corrected chi connectivity index (χ2v) is 8.68. The van der Waals surface area contributed by atoms with Gasteiger partial charge in [-0.1, -0.05) is 30.7 Å². The molecular weight excluding hydrogens is 404 g/mol. The lowest BCUT2D eigenvalue weighted by Gasteiger charge is -2.13. The van der Waals surface area contributed by atoms with E-state index in [9.17, 15) is 0 Å². The molecule has 1 aromatic heterocycles. The second-order valence-electron chi connectivity index (χ2n) is 7.65. The lowest BCUT2D eigenvalue weighted by atomic mass is 10.0. The topological polar surface area (TPSA) is 43.4 Å². The van der Waals surface area contributed by atoms with Gasteiger partial charge in [-0.05, 0) is 68.5 Å². The Morgan fingerprint density at radius 1 is 1.29 bits per heavy atom. The SMILES string of the molecule is C=CONC1CCc2c(-c3cnc(-c4ccc(OC(C)C)c(C#CC)c4)s3)cccc21. The maximum Gasteiger partial charge on any atom is 0.135 e. The maximum atomic E-state index is 5.91. The molecule has 1 atom stereocenters. The predicted molar refractivity (Wildman–Crippen MR) is 127 cm³/mol. The van der Waals surface area contributed by atoms with Gasteiger partial charge in [0.1, 0.15) is 17.0 Å². The highest BCUT2D eigenvalue weighted by Gasteiger charge is 2.26. The molecule has 0 bridgehead atoms. The zero-order valence-corrected chi connectivity index (χ0v) is 18.9. The Hall–Kier alpha value is -3.07. The summed E-state index contributed by atoms with van der Waals surface area (Å²) < 4.78 is 5.91. The summed E-state index contributed by atoms with van der Waals surface area (Å²) in [6, 6.07) is 12.8. The minimum absolute atomic E-state index is 0.102. The zero-order valence-electron chi connectivity index (χ0n) is 18.1. The maximum absolute atomic E-state index is 5.91. The highest BCUT2D eigenvalue weighted by atomic mass is 32.1. The second kappa shape index (κ2) is 9.38. The van der Waals surface area contributed by atoms with Crippen LogP contribution >= 0.6 is 11.3 Å². The van der Waals surface area contributed by atoms with Crippen LogP contribution in [0.3, 0.4) is 0 Å². The van der Waals surface area contributed by atoms with E-state index in [-0.39, 0.29) is 12.1 Å². The van der Waals surface area contributed by atoms with Crippen LogP contribution in [-0.4, -0.2) is 11.1 Å². The van der Waals surface area contributed by atoms with Crippen molar-refractivity contribution in [2.45, 2.75) is 45.8 Å². The van der Waals surface area contributed by atoms with Crippen molar-refractivity contribution in [3.63, 3.8) is 0 Å². The fourth-order valence-electron chi connectivity index (χ4n) is 3.92. The first-order chi connectivity index (χ1) is 15.1. The summed E-state index contributed by atoms with van der Waals surface area (Å²) in [5.74, 6) is 6.96. The molecule has 0 saturated heterocycles. The molecule has 2 aromatic carbocycles. The van der Waals surface area contributed by atoms with Gasteiger partial charge in [-0.3, -0.25) is 0 Å². The Balaban J connectivity index is 1.65. The predicted octanol–water partition coefficient (Wildman–Crippen LogP) is 6.29. The lowest BCUT2D eigenvalue weighted by Crippen LogP contribution is -2.16. The molecule has 0 amide bonds. The Bertz CT molecular complexity index is 1150. The van der Waals surface area contributed by atoms with Gasteiger partial charge >= 0.3 is 0 Å². The summed E-state index contributed by atoms with van der Waals surface area (Å²) in [4.78, 5) is 11.1. The molecule has 1 unspecified atom stereocenters. The minimum atomic E-state index is 0.102. The molecule has 1 aliphatic carbocycles. The molecule has 4 nitrogen and oxygen atoms in total. The molecule has 31 heavy (non-hydrogen) atoms. The number of fused-ring (bicyclic) bond motifs is 1. The van der Waals surface area contributed by atoms with Crippen LogP contribution < -0.4 is 10.2 Å². The highest BCUT2D eigenvalue weighted by molar-refractivity contribution is 7.18. The number of nitrogens with one attached hydrogen (secondary N) is 1. The first-order valence-corrected chi connectivity index (χ1v) is 11.3. The summed E-state index contributed by atoms with van der Waals surface area (Å²) in [6.45, 7) is 9.48. The molecule has 1 aliphatic rings. The van der Waals surface area contributed by atoms with E-state index in [1.807, 2.05) is 33.0 Å². The summed E-state index contributed by atoms with van der Waals surface area (Å²) in [5.41, 5.74) is 8.91. The van der Waals surface area contributed by atoms with E-state index >= 15 is 0 Å². The van der Waals surface area contributed by atoms with E-state index in [2.05, 4.69) is 54.2 Å². The fourth-order valence-corrected chi connectivity index (χ4v) is 4.89. The van der Waals surface area contributed by atoms with Crippen molar-refractivity contribution >= 4 is 11.3 Å². The van der Waals surface area contributed by atoms with E-state index in [0.717, 1.165) is 34.7 Å². The van der Waals surface area contributed by atoms with Gasteiger partial charge in [0.15, 0.2) is 0 Å². The molecule has 3 aromatic rings. The third-order valence-corrected chi connectivity index (χ3v) is 6.26. The number of nitrogens with zero attached hydrogens (tertiary/aromatic N) is 1. The standard InChI is InChI=1S/C26H26N2O2S/c1-5-8-18-15-19(11-14-24(18)30-17(3)4)26-27-16-25(31-26)22-10-7-9-21-20(22)12-13-23(21)28-29-6-2/h6-7,9-11,14-17,23,28H,2,12-13H2,1,3-4H3. The fraction of sp³-hybridized carbons (Fsp3) is 0.269. The number of hydrogen-bond donors (Lipinski definition) is 1. The smallest absolute Gasteiger partial charge is 0.135 e. The summed E-state index contributed by atoms with van der Waals surface area (Å²) >= 11 is 1.70. The first kappa shape index (κ1) is 21.2. The molecule has 0 saturated carbocycles. The molecule has 4 rings (SSSR count). The van der Waals surface area contributed by atoms with Crippen LogP contribution in [0.4, 0.5) is 0 Å². The number of ether oxygens (including phenoxy) is 1. The number of hydroxylamine groups is 1. The van der Waals surface area contributed by atoms with E-state index in [0.29, 0.717) is 0 Å². The van der Waals surface area contributed by atoms with Crippen LogP contribution in [0.2, 0.25) is 0 Å². The summed E-state index contributed by atoms with van der Waals surface area (Å²) in [7, 11) is 0. The van der Waals surface area contributed by atoms with E-state index < -0.39 is 0 Å². The van der Waals surface area contributed by atoms with Crippen LogP contribution in [0.5, 0.6) is 5.75 Å². The van der Waals surface area contributed by atoms with E-state index in [1.165, 1.54) is 27.8 Å². The molecule has 1 heterocycles. The monoisotopic (exact) mass is 430 g/mol. The molecular formula is C26H26N2O2S. The van der Waals surface area contributed by atoms with Gasteiger partial charge in [-0.2, -0.15) is 5.48 Å². The number of aromatic nitrogens is 1. The lowest BCUT2D eigenvalue weighted by molar-refractivity contribution is 0.100. The van der Waals surface area contributed by atoms with Gasteiger partial charge in [-0.25, -0.2) is 4.98 Å². The van der Waals surface area contributed by atoms with Gasteiger partial charge < -0.3 is 9.57 Å². The third kappa shape index (κ3) is 4.51. The number of hydrogen-bond acceptors (Lipinski definition) is 5. The molecule has 0 aliphatic heterocycles. The van der Waals surface area contributed by atoms with Crippen LogP contribution in [0, 0.1) is 11.8 Å². The van der Waals surface area contributed by atoms with E-state index in [1.54, 1.807) is 11.3 Å². The molecule has 0 fully saturated rings. The van der Waals surface area contributed by atoms with Crippen molar-refractivity contribution in [2.24, 2.45) is 0 Å². The van der Waals surface area contributed by atoms with Crippen LogP contribution in [-0.2, 0) is 11.3 Å². The van der Waals surface area contributed by atoms with Gasteiger partial charge in [0.05, 0.1) is 22.6 Å². The van der Waals surface area contributed by atoms with Gasteiger partial charge in [-0.15, -0.1) is 17.3 Å². The van der Waals surface area contributed by atoms with Gasteiger partial charge in [0, 0.05) is 11.8 Å². The third-order valence-electron chi connectivity index (χ3n) is 5.18. The van der Waals surface area contributed by atoms with Crippen molar-refractivity contribution in [1.82, 2.24) is 10.5 Å². The van der Waals surface area contributed by atoms with E-state index in [4.69, 9.17) is 14.6 Å². The molecule has 0 radical (unpaired) electrons. The van der Waals surface area contributed by atoms with Crippen molar-refractivity contribution in [1.29, 1.82) is 0 Å². The Kier molecular flexibility index (Phi) is 6.41. The quantitative estimate of drug-likeness (QED) is 0.272. The normalized spacial score (nSPS) is 14.6. The van der Waals surface area contributed by atoms with Crippen molar-refractivity contribution in [3.8, 4) is 38.6 Å². The number of thiazole rings is 1. The van der Waals surface area contributed by atoms with Crippen molar-refractivity contribution in [3.05, 3.63) is 72.1 Å². The van der Waals surface area contributed by atoms with Crippen LogP contribution in [0.15, 0.2) is 55.4 Å². The average Bonchev–Trinajstić information content (AvgIpc) is 3.41. The average molecular weight is 431 g/mol. The Labute approximate surface area is 187 Å². The molecule has 158 valence electrons.